The molecule has 0 bridgehead atoms. The largest absolute Gasteiger partial charge is 0.382 e. The SMILES string of the molecule is CC1CC1Nc1snc(N)c1C(N)=O. The highest BCUT2D eigenvalue weighted by Gasteiger charge is 2.34. The summed E-state index contributed by atoms with van der Waals surface area (Å²) in [6.45, 7) is 2.14. The van der Waals surface area contributed by atoms with Crippen LogP contribution in [0.5, 0.6) is 0 Å². The molecule has 1 amide bonds. The van der Waals surface area contributed by atoms with Crippen molar-refractivity contribution in [3.05, 3.63) is 5.56 Å². The topological polar surface area (TPSA) is 94.0 Å². The number of amides is 1. The number of nitrogens with zero attached hydrogens (tertiary/aromatic N) is 1. The first-order valence-electron chi connectivity index (χ1n) is 4.41. The summed E-state index contributed by atoms with van der Waals surface area (Å²) >= 11 is 1.19. The molecule has 0 saturated heterocycles. The molecule has 1 aliphatic rings. The van der Waals surface area contributed by atoms with Gasteiger partial charge in [-0.05, 0) is 23.9 Å². The van der Waals surface area contributed by atoms with Crippen LogP contribution in [0.2, 0.25) is 0 Å². The van der Waals surface area contributed by atoms with Crippen molar-refractivity contribution >= 4 is 28.3 Å². The number of nitrogens with one attached hydrogen (secondary N) is 1. The molecular weight excluding hydrogens is 200 g/mol. The number of aromatic nitrogens is 1. The Morgan fingerprint density at radius 1 is 1.71 bits per heavy atom. The van der Waals surface area contributed by atoms with E-state index in [9.17, 15) is 4.79 Å². The summed E-state index contributed by atoms with van der Waals surface area (Å²) in [6, 6.07) is 0.438. The molecule has 76 valence electrons. The number of hydrogen-bond acceptors (Lipinski definition) is 5. The van der Waals surface area contributed by atoms with E-state index >= 15 is 0 Å². The lowest BCUT2D eigenvalue weighted by Gasteiger charge is -2.02. The van der Waals surface area contributed by atoms with E-state index in [1.54, 1.807) is 0 Å². The van der Waals surface area contributed by atoms with Crippen LogP contribution < -0.4 is 16.8 Å². The Labute approximate surface area is 85.6 Å². The predicted octanol–water partition coefficient (Wildman–Crippen LogP) is 0.645. The zero-order valence-corrected chi connectivity index (χ0v) is 8.60. The maximum absolute atomic E-state index is 11.1. The zero-order chi connectivity index (χ0) is 10.3. The third-order valence-corrected chi connectivity index (χ3v) is 3.18. The van der Waals surface area contributed by atoms with Crippen molar-refractivity contribution in [1.82, 2.24) is 4.37 Å². The number of carbonyl (C=O) groups excluding carboxylic acids is 1. The lowest BCUT2D eigenvalue weighted by molar-refractivity contribution is 0.100. The molecule has 1 fully saturated rings. The first-order valence-corrected chi connectivity index (χ1v) is 5.18. The van der Waals surface area contributed by atoms with Crippen molar-refractivity contribution < 1.29 is 4.79 Å². The Hall–Kier alpha value is -1.30. The zero-order valence-electron chi connectivity index (χ0n) is 7.78. The van der Waals surface area contributed by atoms with Gasteiger partial charge in [0.25, 0.3) is 5.91 Å². The Balaban J connectivity index is 2.20. The van der Waals surface area contributed by atoms with Crippen LogP contribution in [0.4, 0.5) is 10.8 Å². The van der Waals surface area contributed by atoms with Gasteiger partial charge in [0, 0.05) is 6.04 Å². The minimum Gasteiger partial charge on any atom is -0.382 e. The van der Waals surface area contributed by atoms with Gasteiger partial charge in [-0.2, -0.15) is 4.37 Å². The summed E-state index contributed by atoms with van der Waals surface area (Å²) < 4.78 is 3.90. The molecule has 1 saturated carbocycles. The lowest BCUT2D eigenvalue weighted by Crippen LogP contribution is -2.15. The molecule has 0 radical (unpaired) electrons. The van der Waals surface area contributed by atoms with E-state index in [-0.39, 0.29) is 5.82 Å². The number of hydrogen-bond donors (Lipinski definition) is 3. The van der Waals surface area contributed by atoms with Crippen LogP contribution in [-0.4, -0.2) is 16.3 Å². The average molecular weight is 212 g/mol. The van der Waals surface area contributed by atoms with E-state index in [1.807, 2.05) is 0 Å². The van der Waals surface area contributed by atoms with Gasteiger partial charge < -0.3 is 16.8 Å². The van der Waals surface area contributed by atoms with Gasteiger partial charge in [0.05, 0.1) is 0 Å². The molecule has 1 aromatic heterocycles. The molecule has 0 aromatic carbocycles. The summed E-state index contributed by atoms with van der Waals surface area (Å²) in [5.74, 6) is 0.351. The Morgan fingerprint density at radius 2 is 2.36 bits per heavy atom. The maximum Gasteiger partial charge on any atom is 0.255 e. The highest BCUT2D eigenvalue weighted by Crippen LogP contribution is 2.36. The second-order valence-corrected chi connectivity index (χ2v) is 4.37. The third kappa shape index (κ3) is 1.52. The van der Waals surface area contributed by atoms with Crippen LogP contribution in [0, 0.1) is 5.92 Å². The predicted molar refractivity (Wildman–Crippen MR) is 56.2 cm³/mol. The molecule has 1 aromatic rings. The second kappa shape index (κ2) is 3.13. The molecule has 0 aliphatic heterocycles. The minimum atomic E-state index is -0.521. The third-order valence-electron chi connectivity index (χ3n) is 2.39. The summed E-state index contributed by atoms with van der Waals surface area (Å²) in [6.07, 6.45) is 1.12. The van der Waals surface area contributed by atoms with E-state index in [1.165, 1.54) is 11.5 Å². The van der Waals surface area contributed by atoms with Crippen molar-refractivity contribution in [3.63, 3.8) is 0 Å². The molecule has 5 N–H and O–H groups in total. The van der Waals surface area contributed by atoms with Crippen molar-refractivity contribution in [3.8, 4) is 0 Å². The molecule has 14 heavy (non-hydrogen) atoms. The monoisotopic (exact) mass is 212 g/mol. The second-order valence-electron chi connectivity index (χ2n) is 3.60. The van der Waals surface area contributed by atoms with Crippen molar-refractivity contribution in [2.45, 2.75) is 19.4 Å². The fourth-order valence-electron chi connectivity index (χ4n) is 1.33. The first-order chi connectivity index (χ1) is 6.59. The molecule has 2 unspecified atom stereocenters. The standard InChI is InChI=1S/C8H12N4OS/c1-3-2-4(3)11-8-5(7(10)13)6(9)12-14-8/h3-4,11H,2H2,1H3,(H2,9,12)(H2,10,13). The quantitative estimate of drug-likeness (QED) is 0.685. The Bertz CT molecular complexity index is 375. The molecular formula is C8H12N4OS. The number of nitrogen functional groups attached to an aromatic ring is 1. The number of anilines is 2. The normalized spacial score (nSPS) is 24.6. The van der Waals surface area contributed by atoms with Crippen LogP contribution in [0.1, 0.15) is 23.7 Å². The molecule has 1 heterocycles. The average Bonchev–Trinajstić information content (AvgIpc) is 2.62. The van der Waals surface area contributed by atoms with Gasteiger partial charge in [0.1, 0.15) is 10.6 Å². The van der Waals surface area contributed by atoms with E-state index in [0.29, 0.717) is 22.5 Å². The molecule has 6 heteroatoms. The number of rotatable bonds is 3. The van der Waals surface area contributed by atoms with Gasteiger partial charge in [-0.15, -0.1) is 0 Å². The molecule has 0 spiro atoms. The lowest BCUT2D eigenvalue weighted by atomic mass is 10.3. The molecule has 1 aliphatic carbocycles. The fraction of sp³-hybridized carbons (Fsp3) is 0.500. The number of primary amides is 1. The Kier molecular flexibility index (Phi) is 2.07. The molecule has 5 nitrogen and oxygen atoms in total. The van der Waals surface area contributed by atoms with Gasteiger partial charge in [-0.25, -0.2) is 0 Å². The minimum absolute atomic E-state index is 0.221. The van der Waals surface area contributed by atoms with Crippen LogP contribution in [0.25, 0.3) is 0 Å². The number of nitrogens with two attached hydrogens (primary N) is 2. The van der Waals surface area contributed by atoms with Crippen LogP contribution >= 0.6 is 11.5 Å². The van der Waals surface area contributed by atoms with E-state index in [2.05, 4.69) is 16.6 Å². The molecule has 2 atom stereocenters. The van der Waals surface area contributed by atoms with E-state index in [0.717, 1.165) is 6.42 Å². The highest BCUT2D eigenvalue weighted by atomic mass is 32.1. The first kappa shape index (κ1) is 9.26. The van der Waals surface area contributed by atoms with E-state index in [4.69, 9.17) is 11.5 Å². The van der Waals surface area contributed by atoms with E-state index < -0.39 is 5.91 Å². The van der Waals surface area contributed by atoms with Crippen LogP contribution in [0.3, 0.4) is 0 Å². The van der Waals surface area contributed by atoms with Crippen LogP contribution in [-0.2, 0) is 0 Å². The van der Waals surface area contributed by atoms with Gasteiger partial charge in [0.15, 0.2) is 5.82 Å². The molecule has 2 rings (SSSR count). The maximum atomic E-state index is 11.1. The summed E-state index contributed by atoms with van der Waals surface area (Å²) in [5.41, 5.74) is 11.1. The summed E-state index contributed by atoms with van der Waals surface area (Å²) in [7, 11) is 0. The van der Waals surface area contributed by atoms with Gasteiger partial charge in [-0.3, -0.25) is 4.79 Å². The van der Waals surface area contributed by atoms with Gasteiger partial charge in [-0.1, -0.05) is 6.92 Å². The van der Waals surface area contributed by atoms with Crippen molar-refractivity contribution in [1.29, 1.82) is 0 Å². The fourth-order valence-corrected chi connectivity index (χ4v) is 2.11. The highest BCUT2D eigenvalue weighted by molar-refractivity contribution is 7.11. The summed E-state index contributed by atoms with van der Waals surface area (Å²) in [4.78, 5) is 11.1. The Morgan fingerprint density at radius 3 is 2.86 bits per heavy atom. The van der Waals surface area contributed by atoms with Gasteiger partial charge in [0.2, 0.25) is 0 Å². The number of carbonyl (C=O) groups is 1. The smallest absolute Gasteiger partial charge is 0.255 e. The van der Waals surface area contributed by atoms with Crippen molar-refractivity contribution in [2.75, 3.05) is 11.1 Å². The van der Waals surface area contributed by atoms with Crippen molar-refractivity contribution in [2.24, 2.45) is 11.7 Å². The van der Waals surface area contributed by atoms with Crippen LogP contribution in [0.15, 0.2) is 0 Å². The summed E-state index contributed by atoms with van der Waals surface area (Å²) in [5, 5.41) is 3.91. The van der Waals surface area contributed by atoms with Gasteiger partial charge >= 0.3 is 0 Å².